The molecule has 0 N–H and O–H groups in total. The van der Waals surface area contributed by atoms with Gasteiger partial charge in [-0.2, -0.15) is 8.78 Å². The highest BCUT2D eigenvalue weighted by Gasteiger charge is 2.18. The molecule has 1 amide bonds. The Morgan fingerprint density at radius 1 is 1.17 bits per heavy atom. The fourth-order valence-corrected chi connectivity index (χ4v) is 2.25. The van der Waals surface area contributed by atoms with E-state index in [1.165, 1.54) is 36.2 Å². The number of alkyl halides is 2. The molecule has 0 aromatic heterocycles. The second kappa shape index (κ2) is 7.53. The van der Waals surface area contributed by atoms with Crippen molar-refractivity contribution in [1.82, 2.24) is 4.90 Å². The SMILES string of the molecule is CN(Cc1ccc(OC(F)F)cc1)C(=O)c1cc(F)c(F)cc1Cl. The summed E-state index contributed by atoms with van der Waals surface area (Å²) in [5.41, 5.74) is 0.460. The normalized spacial score (nSPS) is 10.8. The summed E-state index contributed by atoms with van der Waals surface area (Å²) in [6.07, 6.45) is 0. The second-order valence-electron chi connectivity index (χ2n) is 4.93. The molecule has 8 heteroatoms. The van der Waals surface area contributed by atoms with Gasteiger partial charge in [-0.05, 0) is 29.8 Å². The van der Waals surface area contributed by atoms with Crippen molar-refractivity contribution in [2.75, 3.05) is 7.05 Å². The average Bonchev–Trinajstić information content (AvgIpc) is 2.51. The van der Waals surface area contributed by atoms with Gasteiger partial charge in [0.05, 0.1) is 10.6 Å². The van der Waals surface area contributed by atoms with Gasteiger partial charge in [0.2, 0.25) is 0 Å². The lowest BCUT2D eigenvalue weighted by Gasteiger charge is -2.18. The van der Waals surface area contributed by atoms with Crippen molar-refractivity contribution in [1.29, 1.82) is 0 Å². The van der Waals surface area contributed by atoms with Crippen molar-refractivity contribution in [2.24, 2.45) is 0 Å². The number of hydrogen-bond acceptors (Lipinski definition) is 2. The first-order chi connectivity index (χ1) is 11.3. The van der Waals surface area contributed by atoms with Gasteiger partial charge in [-0.1, -0.05) is 23.7 Å². The molecule has 0 aliphatic heterocycles. The van der Waals surface area contributed by atoms with Crippen LogP contribution in [0.4, 0.5) is 17.6 Å². The minimum atomic E-state index is -2.92. The van der Waals surface area contributed by atoms with Crippen LogP contribution >= 0.6 is 11.6 Å². The van der Waals surface area contributed by atoms with Crippen molar-refractivity contribution in [3.05, 3.63) is 64.2 Å². The zero-order chi connectivity index (χ0) is 17.9. The molecule has 2 aromatic carbocycles. The monoisotopic (exact) mass is 361 g/mol. The number of carbonyl (C=O) groups excluding carboxylic acids is 1. The maximum atomic E-state index is 13.3. The number of carbonyl (C=O) groups is 1. The molecule has 2 aromatic rings. The van der Waals surface area contributed by atoms with E-state index in [0.29, 0.717) is 5.56 Å². The Labute approximate surface area is 140 Å². The van der Waals surface area contributed by atoms with Crippen LogP contribution < -0.4 is 4.74 Å². The van der Waals surface area contributed by atoms with Crippen LogP contribution in [-0.2, 0) is 6.54 Å². The molecule has 0 atom stereocenters. The van der Waals surface area contributed by atoms with Gasteiger partial charge in [-0.3, -0.25) is 4.79 Å². The Morgan fingerprint density at radius 3 is 2.33 bits per heavy atom. The number of hydrogen-bond donors (Lipinski definition) is 0. The van der Waals surface area contributed by atoms with Crippen LogP contribution in [-0.4, -0.2) is 24.5 Å². The highest BCUT2D eigenvalue weighted by molar-refractivity contribution is 6.33. The summed E-state index contributed by atoms with van der Waals surface area (Å²) >= 11 is 5.77. The molecule has 128 valence electrons. The summed E-state index contributed by atoms with van der Waals surface area (Å²) in [5.74, 6) is -2.93. The van der Waals surface area contributed by atoms with E-state index < -0.39 is 24.2 Å². The minimum Gasteiger partial charge on any atom is -0.435 e. The van der Waals surface area contributed by atoms with Crippen molar-refractivity contribution in [3.8, 4) is 5.75 Å². The maximum absolute atomic E-state index is 13.3. The van der Waals surface area contributed by atoms with Crippen LogP contribution in [0.3, 0.4) is 0 Å². The van der Waals surface area contributed by atoms with Crippen molar-refractivity contribution >= 4 is 17.5 Å². The lowest BCUT2D eigenvalue weighted by Crippen LogP contribution is -2.26. The average molecular weight is 362 g/mol. The Bertz CT molecular complexity index is 738. The lowest BCUT2D eigenvalue weighted by atomic mass is 10.1. The van der Waals surface area contributed by atoms with Crippen LogP contribution in [0.5, 0.6) is 5.75 Å². The maximum Gasteiger partial charge on any atom is 0.387 e. The third-order valence-electron chi connectivity index (χ3n) is 3.16. The highest BCUT2D eigenvalue weighted by atomic mass is 35.5. The number of benzene rings is 2. The molecule has 0 unspecified atom stereocenters. The summed E-state index contributed by atoms with van der Waals surface area (Å²) < 4.78 is 54.7. The molecule has 0 saturated heterocycles. The summed E-state index contributed by atoms with van der Waals surface area (Å²) in [4.78, 5) is 13.5. The second-order valence-corrected chi connectivity index (χ2v) is 5.34. The van der Waals surface area contributed by atoms with E-state index in [0.717, 1.165) is 12.1 Å². The van der Waals surface area contributed by atoms with Gasteiger partial charge in [0.25, 0.3) is 5.91 Å². The van der Waals surface area contributed by atoms with E-state index in [-0.39, 0.29) is 22.9 Å². The van der Waals surface area contributed by atoms with Gasteiger partial charge in [-0.25, -0.2) is 8.78 Å². The molecule has 0 fully saturated rings. The third kappa shape index (κ3) is 4.38. The molecule has 0 bridgehead atoms. The van der Waals surface area contributed by atoms with Crippen molar-refractivity contribution in [3.63, 3.8) is 0 Å². The minimum absolute atomic E-state index is 0.00798. The van der Waals surface area contributed by atoms with E-state index in [1.54, 1.807) is 0 Å². The van der Waals surface area contributed by atoms with E-state index >= 15 is 0 Å². The number of amides is 1. The van der Waals surface area contributed by atoms with Gasteiger partial charge in [0, 0.05) is 13.6 Å². The molecule has 0 saturated carbocycles. The van der Waals surface area contributed by atoms with Crippen LogP contribution in [0.1, 0.15) is 15.9 Å². The van der Waals surface area contributed by atoms with Gasteiger partial charge in [0.1, 0.15) is 5.75 Å². The number of halogens is 5. The van der Waals surface area contributed by atoms with E-state index in [4.69, 9.17) is 11.6 Å². The first-order valence-electron chi connectivity index (χ1n) is 6.71. The zero-order valence-corrected chi connectivity index (χ0v) is 13.2. The summed E-state index contributed by atoms with van der Waals surface area (Å²) in [6, 6.07) is 7.15. The molecule has 0 spiro atoms. The van der Waals surface area contributed by atoms with Crippen molar-refractivity contribution in [2.45, 2.75) is 13.2 Å². The summed E-state index contributed by atoms with van der Waals surface area (Å²) in [7, 11) is 1.45. The molecule has 0 aliphatic rings. The van der Waals surface area contributed by atoms with E-state index in [1.807, 2.05) is 0 Å². The number of ether oxygens (including phenoxy) is 1. The molecule has 0 aliphatic carbocycles. The zero-order valence-electron chi connectivity index (χ0n) is 12.4. The fraction of sp³-hybridized carbons (Fsp3) is 0.188. The number of rotatable bonds is 5. The quantitative estimate of drug-likeness (QED) is 0.580. The van der Waals surface area contributed by atoms with Gasteiger partial charge < -0.3 is 9.64 Å². The Hall–Kier alpha value is -2.28. The van der Waals surface area contributed by atoms with Crippen LogP contribution in [0.15, 0.2) is 36.4 Å². The van der Waals surface area contributed by atoms with Crippen LogP contribution in [0.2, 0.25) is 5.02 Å². The van der Waals surface area contributed by atoms with E-state index in [9.17, 15) is 22.4 Å². The summed E-state index contributed by atoms with van der Waals surface area (Å²) in [6.45, 7) is -2.81. The highest BCUT2D eigenvalue weighted by Crippen LogP contribution is 2.22. The van der Waals surface area contributed by atoms with Gasteiger partial charge in [-0.15, -0.1) is 0 Å². The molecule has 2 rings (SSSR count). The molecule has 3 nitrogen and oxygen atoms in total. The first-order valence-corrected chi connectivity index (χ1v) is 7.09. The molecular formula is C16H12ClF4NO2. The predicted octanol–water partition coefficient (Wildman–Crippen LogP) is 4.49. The predicted molar refractivity (Wildman–Crippen MR) is 80.2 cm³/mol. The van der Waals surface area contributed by atoms with Gasteiger partial charge >= 0.3 is 6.61 Å². The first kappa shape index (κ1) is 18.1. The smallest absolute Gasteiger partial charge is 0.387 e. The van der Waals surface area contributed by atoms with Crippen LogP contribution in [0, 0.1) is 11.6 Å². The fourth-order valence-electron chi connectivity index (χ4n) is 2.01. The van der Waals surface area contributed by atoms with E-state index in [2.05, 4.69) is 4.74 Å². The van der Waals surface area contributed by atoms with Crippen molar-refractivity contribution < 1.29 is 27.1 Å². The molecule has 0 radical (unpaired) electrons. The molecular weight excluding hydrogens is 350 g/mol. The third-order valence-corrected chi connectivity index (χ3v) is 3.47. The topological polar surface area (TPSA) is 29.5 Å². The lowest BCUT2D eigenvalue weighted by molar-refractivity contribution is -0.0498. The Morgan fingerprint density at radius 2 is 1.75 bits per heavy atom. The standard InChI is InChI=1S/C16H12ClF4NO2/c1-22(8-9-2-4-10(5-3-9)24-16(20)21)15(23)11-6-13(18)14(19)7-12(11)17/h2-7,16H,8H2,1H3. The number of nitrogens with zero attached hydrogens (tertiary/aromatic N) is 1. The molecule has 0 heterocycles. The van der Waals surface area contributed by atoms with Crippen LogP contribution in [0.25, 0.3) is 0 Å². The Kier molecular flexibility index (Phi) is 5.66. The van der Waals surface area contributed by atoms with Gasteiger partial charge in [0.15, 0.2) is 11.6 Å². The largest absolute Gasteiger partial charge is 0.435 e. The summed E-state index contributed by atoms with van der Waals surface area (Å²) in [5, 5.41) is -0.202. The molecule has 24 heavy (non-hydrogen) atoms. The Balaban J connectivity index is 2.10.